The molecule has 0 aliphatic heterocycles. The SMILES string of the molecule is NC(=O)c1sc(Nc2ccccc2F)nc1-c1ccccc1. The third-order valence-corrected chi connectivity index (χ3v) is 4.00. The van der Waals surface area contributed by atoms with Gasteiger partial charge in [-0.2, -0.15) is 0 Å². The number of benzene rings is 2. The van der Waals surface area contributed by atoms with E-state index >= 15 is 0 Å². The van der Waals surface area contributed by atoms with E-state index in [1.165, 1.54) is 6.07 Å². The Morgan fingerprint density at radius 3 is 2.45 bits per heavy atom. The Bertz CT molecular complexity index is 817. The Morgan fingerprint density at radius 2 is 1.77 bits per heavy atom. The Hall–Kier alpha value is -2.73. The van der Waals surface area contributed by atoms with Crippen molar-refractivity contribution in [3.63, 3.8) is 0 Å². The van der Waals surface area contributed by atoms with Crippen LogP contribution in [0.25, 0.3) is 11.3 Å². The number of nitrogens with one attached hydrogen (secondary N) is 1. The van der Waals surface area contributed by atoms with Gasteiger partial charge >= 0.3 is 0 Å². The van der Waals surface area contributed by atoms with Crippen LogP contribution in [0.15, 0.2) is 54.6 Å². The van der Waals surface area contributed by atoms with Crippen LogP contribution in [0.3, 0.4) is 0 Å². The van der Waals surface area contributed by atoms with Crippen LogP contribution in [0.4, 0.5) is 15.2 Å². The zero-order chi connectivity index (χ0) is 15.5. The van der Waals surface area contributed by atoms with Crippen molar-refractivity contribution in [2.24, 2.45) is 5.73 Å². The number of carbonyl (C=O) groups is 1. The molecule has 110 valence electrons. The lowest BCUT2D eigenvalue weighted by atomic mass is 10.1. The Kier molecular flexibility index (Phi) is 3.84. The Labute approximate surface area is 130 Å². The highest BCUT2D eigenvalue weighted by molar-refractivity contribution is 7.18. The molecule has 0 fully saturated rings. The molecule has 0 saturated heterocycles. The topological polar surface area (TPSA) is 68.0 Å². The number of hydrogen-bond donors (Lipinski definition) is 2. The summed E-state index contributed by atoms with van der Waals surface area (Å²) in [5.74, 6) is -0.947. The lowest BCUT2D eigenvalue weighted by Crippen LogP contribution is -2.10. The van der Waals surface area contributed by atoms with Gasteiger partial charge in [0, 0.05) is 5.56 Å². The van der Waals surface area contributed by atoms with Gasteiger partial charge in [-0.25, -0.2) is 9.37 Å². The van der Waals surface area contributed by atoms with Gasteiger partial charge in [-0.05, 0) is 12.1 Å². The van der Waals surface area contributed by atoms with Crippen LogP contribution in [-0.2, 0) is 0 Å². The van der Waals surface area contributed by atoms with Gasteiger partial charge in [0.2, 0.25) is 0 Å². The van der Waals surface area contributed by atoms with Gasteiger partial charge in [-0.3, -0.25) is 4.79 Å². The fourth-order valence-electron chi connectivity index (χ4n) is 2.01. The lowest BCUT2D eigenvalue weighted by Gasteiger charge is -2.02. The predicted octanol–water partition coefficient (Wildman–Crippen LogP) is 3.79. The van der Waals surface area contributed by atoms with Crippen LogP contribution in [0.2, 0.25) is 0 Å². The molecule has 22 heavy (non-hydrogen) atoms. The van der Waals surface area contributed by atoms with E-state index in [4.69, 9.17) is 5.73 Å². The summed E-state index contributed by atoms with van der Waals surface area (Å²) in [4.78, 5) is 16.3. The first-order chi connectivity index (χ1) is 10.6. The molecule has 0 spiro atoms. The summed E-state index contributed by atoms with van der Waals surface area (Å²) in [5.41, 5.74) is 7.00. The second kappa shape index (κ2) is 5.95. The number of hydrogen-bond acceptors (Lipinski definition) is 4. The summed E-state index contributed by atoms with van der Waals surface area (Å²) in [6.45, 7) is 0. The number of nitrogens with two attached hydrogens (primary N) is 1. The zero-order valence-electron chi connectivity index (χ0n) is 11.4. The van der Waals surface area contributed by atoms with Crippen molar-refractivity contribution in [1.82, 2.24) is 4.98 Å². The van der Waals surface area contributed by atoms with E-state index in [1.54, 1.807) is 18.2 Å². The molecular formula is C16H12FN3OS. The van der Waals surface area contributed by atoms with E-state index in [9.17, 15) is 9.18 Å². The fraction of sp³-hybridized carbons (Fsp3) is 0. The summed E-state index contributed by atoms with van der Waals surface area (Å²) in [7, 11) is 0. The molecule has 0 atom stereocenters. The second-order valence-corrected chi connectivity index (χ2v) is 5.53. The van der Waals surface area contributed by atoms with Crippen LogP contribution < -0.4 is 11.1 Å². The number of carbonyl (C=O) groups excluding carboxylic acids is 1. The molecule has 0 radical (unpaired) electrons. The van der Waals surface area contributed by atoms with Crippen molar-refractivity contribution < 1.29 is 9.18 Å². The third-order valence-electron chi connectivity index (χ3n) is 3.01. The van der Waals surface area contributed by atoms with Crippen LogP contribution in [0, 0.1) is 5.82 Å². The van der Waals surface area contributed by atoms with E-state index in [1.807, 2.05) is 30.3 Å². The highest BCUT2D eigenvalue weighted by Gasteiger charge is 2.17. The van der Waals surface area contributed by atoms with Crippen molar-refractivity contribution in [3.05, 3.63) is 65.3 Å². The molecule has 6 heteroatoms. The first-order valence-corrected chi connectivity index (χ1v) is 7.34. The van der Waals surface area contributed by atoms with Crippen molar-refractivity contribution in [1.29, 1.82) is 0 Å². The highest BCUT2D eigenvalue weighted by atomic mass is 32.1. The average molecular weight is 313 g/mol. The maximum Gasteiger partial charge on any atom is 0.261 e. The van der Waals surface area contributed by atoms with Crippen LogP contribution in [0.5, 0.6) is 0 Å². The van der Waals surface area contributed by atoms with Crippen LogP contribution in [-0.4, -0.2) is 10.9 Å². The van der Waals surface area contributed by atoms with Crippen molar-refractivity contribution in [2.45, 2.75) is 0 Å². The summed E-state index contributed by atoms with van der Waals surface area (Å²) >= 11 is 1.10. The molecule has 4 nitrogen and oxygen atoms in total. The van der Waals surface area contributed by atoms with E-state index in [2.05, 4.69) is 10.3 Å². The summed E-state index contributed by atoms with van der Waals surface area (Å²) in [6.07, 6.45) is 0. The van der Waals surface area contributed by atoms with Crippen molar-refractivity contribution in [2.75, 3.05) is 5.32 Å². The molecule has 0 aliphatic rings. The van der Waals surface area contributed by atoms with E-state index in [-0.39, 0.29) is 5.82 Å². The molecule has 3 rings (SSSR count). The molecule has 1 heterocycles. The second-order valence-electron chi connectivity index (χ2n) is 4.53. The molecule has 2 aromatic carbocycles. The number of primary amides is 1. The molecule has 0 bridgehead atoms. The zero-order valence-corrected chi connectivity index (χ0v) is 12.2. The van der Waals surface area contributed by atoms with Gasteiger partial charge in [0.1, 0.15) is 10.7 Å². The van der Waals surface area contributed by atoms with Gasteiger partial charge < -0.3 is 11.1 Å². The first-order valence-electron chi connectivity index (χ1n) is 6.53. The molecule has 1 amide bonds. The van der Waals surface area contributed by atoms with Crippen molar-refractivity contribution >= 4 is 28.1 Å². The average Bonchev–Trinajstić information content (AvgIpc) is 2.95. The van der Waals surface area contributed by atoms with Gasteiger partial charge in [0.15, 0.2) is 5.13 Å². The van der Waals surface area contributed by atoms with Crippen molar-refractivity contribution in [3.8, 4) is 11.3 Å². The Morgan fingerprint density at radius 1 is 1.09 bits per heavy atom. The first kappa shape index (κ1) is 14.2. The largest absolute Gasteiger partial charge is 0.365 e. The van der Waals surface area contributed by atoms with Gasteiger partial charge in [-0.15, -0.1) is 0 Å². The monoisotopic (exact) mass is 313 g/mol. The Balaban J connectivity index is 2.01. The van der Waals surface area contributed by atoms with Gasteiger partial charge in [0.05, 0.1) is 11.4 Å². The highest BCUT2D eigenvalue weighted by Crippen LogP contribution is 2.32. The van der Waals surface area contributed by atoms with E-state index in [0.29, 0.717) is 21.4 Å². The number of aromatic nitrogens is 1. The van der Waals surface area contributed by atoms with Crippen LogP contribution in [0.1, 0.15) is 9.67 Å². The van der Waals surface area contributed by atoms with Gasteiger partial charge in [0.25, 0.3) is 5.91 Å². The minimum atomic E-state index is -0.557. The normalized spacial score (nSPS) is 10.4. The molecule has 3 aromatic rings. The predicted molar refractivity (Wildman–Crippen MR) is 85.8 cm³/mol. The number of rotatable bonds is 4. The molecular weight excluding hydrogens is 301 g/mol. The summed E-state index contributed by atoms with van der Waals surface area (Å²) in [6, 6.07) is 15.5. The standard InChI is InChI=1S/C16H12FN3OS/c17-11-8-4-5-9-12(11)19-16-20-13(14(22-16)15(18)21)10-6-2-1-3-7-10/h1-9H,(H2,18,21)(H,19,20). The lowest BCUT2D eigenvalue weighted by molar-refractivity contribution is 0.100. The number of amides is 1. The molecule has 3 N–H and O–H groups in total. The smallest absolute Gasteiger partial charge is 0.261 e. The molecule has 0 saturated carbocycles. The molecule has 1 aromatic heterocycles. The molecule has 0 unspecified atom stereocenters. The maximum absolute atomic E-state index is 13.7. The summed E-state index contributed by atoms with van der Waals surface area (Å²) < 4.78 is 13.7. The van der Waals surface area contributed by atoms with E-state index < -0.39 is 5.91 Å². The van der Waals surface area contributed by atoms with E-state index in [0.717, 1.165) is 16.9 Å². The van der Waals surface area contributed by atoms with Gasteiger partial charge in [-0.1, -0.05) is 53.8 Å². The number of thiazole rings is 1. The minimum Gasteiger partial charge on any atom is -0.365 e. The maximum atomic E-state index is 13.7. The fourth-order valence-corrected chi connectivity index (χ4v) is 2.86. The minimum absolute atomic E-state index is 0.298. The van der Waals surface area contributed by atoms with Crippen LogP contribution >= 0.6 is 11.3 Å². The molecule has 0 aliphatic carbocycles. The quantitative estimate of drug-likeness (QED) is 0.770. The third kappa shape index (κ3) is 2.82. The summed E-state index contributed by atoms with van der Waals surface area (Å²) in [5, 5.41) is 3.30. The number of para-hydroxylation sites is 1. The number of anilines is 2. The number of halogens is 1. The number of nitrogens with zero attached hydrogens (tertiary/aromatic N) is 1.